The van der Waals surface area contributed by atoms with Crippen LogP contribution in [0.2, 0.25) is 0 Å². The molecular weight excluding hydrogens is 516 g/mol. The smallest absolute Gasteiger partial charge is 0.336 e. The number of hydrogen-bond acceptors (Lipinski definition) is 10. The van der Waals surface area contributed by atoms with Crippen LogP contribution < -0.4 is 4.90 Å². The van der Waals surface area contributed by atoms with Crippen molar-refractivity contribution < 1.29 is 49.1 Å². The Labute approximate surface area is 226 Å². The highest BCUT2D eigenvalue weighted by Gasteiger charge is 2.40. The van der Waals surface area contributed by atoms with Crippen molar-refractivity contribution in [2.45, 2.75) is 64.1 Å². The van der Waals surface area contributed by atoms with Gasteiger partial charge in [-0.15, -0.1) is 0 Å². The van der Waals surface area contributed by atoms with Crippen molar-refractivity contribution in [3.05, 3.63) is 17.5 Å². The number of carbonyl (C=O) groups excluding carboxylic acids is 1. The first-order valence-corrected chi connectivity index (χ1v) is 13.0. The first-order chi connectivity index (χ1) is 18.5. The topological polar surface area (TPSA) is 200 Å². The molecule has 3 heterocycles. The molecule has 0 aromatic carbocycles. The molecule has 0 radical (unpaired) electrons. The van der Waals surface area contributed by atoms with Crippen molar-refractivity contribution >= 4 is 29.8 Å². The number of amides is 1. The van der Waals surface area contributed by atoms with E-state index in [0.717, 1.165) is 51.2 Å². The number of carbonyl (C=O) groups is 4. The van der Waals surface area contributed by atoms with E-state index in [-0.39, 0.29) is 12.0 Å². The standard InChI is InChI=1S/C19H30N4O3.C6H8O7/c1-3-7-23(14-15-6-5-10-26-15)18(24)16-13-20-19(21-17(16)4-2)22-8-11-25-12-9-22;7-3(8)1-6(13,5(11)12)2-4(9)10/h13,15H,3-12,14H2,1-2H3;13H,1-2H2,(H,7,8)(H,9,10)(H,11,12). The molecular formula is C25H38N4O10. The van der Waals surface area contributed by atoms with Gasteiger partial charge in [0, 0.05) is 39.0 Å². The monoisotopic (exact) mass is 554 g/mol. The molecule has 2 fully saturated rings. The number of carboxylic acids is 3. The normalized spacial score (nSPS) is 17.2. The second-order valence-corrected chi connectivity index (χ2v) is 9.35. The number of morpholine rings is 1. The van der Waals surface area contributed by atoms with Crippen LogP contribution in [0.15, 0.2) is 6.20 Å². The van der Waals surface area contributed by atoms with Crippen molar-refractivity contribution in [1.29, 1.82) is 0 Å². The van der Waals surface area contributed by atoms with E-state index >= 15 is 0 Å². The van der Waals surface area contributed by atoms with Gasteiger partial charge in [0.15, 0.2) is 5.60 Å². The SMILES string of the molecule is CCCN(CC1CCCO1)C(=O)c1cnc(N2CCOCC2)nc1CC.O=C(O)CC(O)(CC(=O)O)C(=O)O. The Morgan fingerprint density at radius 2 is 1.72 bits per heavy atom. The van der Waals surface area contributed by atoms with Crippen LogP contribution in [-0.2, 0) is 30.3 Å². The van der Waals surface area contributed by atoms with Gasteiger partial charge in [-0.05, 0) is 25.7 Å². The lowest BCUT2D eigenvalue weighted by Crippen LogP contribution is -2.42. The van der Waals surface area contributed by atoms with Crippen molar-refractivity contribution in [1.82, 2.24) is 14.9 Å². The molecule has 218 valence electrons. The summed E-state index contributed by atoms with van der Waals surface area (Å²) in [6.45, 7) is 9.27. The molecule has 0 aliphatic carbocycles. The number of aromatic nitrogens is 2. The zero-order valence-electron chi connectivity index (χ0n) is 22.4. The van der Waals surface area contributed by atoms with Gasteiger partial charge in [0.05, 0.1) is 43.4 Å². The largest absolute Gasteiger partial charge is 0.481 e. The van der Waals surface area contributed by atoms with Crippen molar-refractivity contribution in [2.75, 3.05) is 50.9 Å². The van der Waals surface area contributed by atoms with Crippen LogP contribution in [0.5, 0.6) is 0 Å². The maximum Gasteiger partial charge on any atom is 0.336 e. The molecule has 0 saturated carbocycles. The predicted molar refractivity (Wildman–Crippen MR) is 137 cm³/mol. The molecule has 2 saturated heterocycles. The number of aliphatic carboxylic acids is 3. The van der Waals surface area contributed by atoms with E-state index in [1.165, 1.54) is 0 Å². The molecule has 2 aliphatic heterocycles. The molecule has 2 aliphatic rings. The molecule has 3 rings (SSSR count). The lowest BCUT2D eigenvalue weighted by Gasteiger charge is -2.28. The zero-order chi connectivity index (χ0) is 29.0. The first-order valence-electron chi connectivity index (χ1n) is 13.0. The second kappa shape index (κ2) is 15.3. The van der Waals surface area contributed by atoms with E-state index in [9.17, 15) is 19.2 Å². The van der Waals surface area contributed by atoms with Crippen LogP contribution in [0.3, 0.4) is 0 Å². The molecule has 1 atom stereocenters. The summed E-state index contributed by atoms with van der Waals surface area (Å²) in [6.07, 6.45) is 3.31. The Kier molecular flexibility index (Phi) is 12.5. The van der Waals surface area contributed by atoms with Crippen LogP contribution >= 0.6 is 0 Å². The molecule has 0 spiro atoms. The number of carboxylic acid groups (broad SMARTS) is 3. The summed E-state index contributed by atoms with van der Waals surface area (Å²) in [5.41, 5.74) is -1.30. The molecule has 14 heteroatoms. The van der Waals surface area contributed by atoms with Crippen molar-refractivity contribution in [2.24, 2.45) is 0 Å². The Morgan fingerprint density at radius 3 is 2.21 bits per heavy atom. The average molecular weight is 555 g/mol. The Hall–Kier alpha value is -3.36. The highest BCUT2D eigenvalue weighted by Crippen LogP contribution is 2.19. The molecule has 1 unspecified atom stereocenters. The minimum atomic E-state index is -2.74. The third-order valence-corrected chi connectivity index (χ3v) is 6.23. The molecule has 1 aromatic rings. The summed E-state index contributed by atoms with van der Waals surface area (Å²) in [4.78, 5) is 56.8. The fraction of sp³-hybridized carbons (Fsp3) is 0.680. The van der Waals surface area contributed by atoms with Crippen LogP contribution in [-0.4, -0.2) is 117 Å². The van der Waals surface area contributed by atoms with Gasteiger partial charge >= 0.3 is 17.9 Å². The van der Waals surface area contributed by atoms with E-state index in [2.05, 4.69) is 16.8 Å². The molecule has 1 amide bonds. The number of rotatable bonds is 12. The summed E-state index contributed by atoms with van der Waals surface area (Å²) in [5, 5.41) is 33.8. The molecule has 14 nitrogen and oxygen atoms in total. The van der Waals surface area contributed by atoms with Gasteiger partial charge < -0.3 is 39.7 Å². The quantitative estimate of drug-likeness (QED) is 0.281. The van der Waals surface area contributed by atoms with Gasteiger partial charge in [-0.1, -0.05) is 13.8 Å². The summed E-state index contributed by atoms with van der Waals surface area (Å²) in [7, 11) is 0. The third-order valence-electron chi connectivity index (χ3n) is 6.23. The number of aryl methyl sites for hydroxylation is 1. The molecule has 4 N–H and O–H groups in total. The Morgan fingerprint density at radius 1 is 1.08 bits per heavy atom. The number of ether oxygens (including phenoxy) is 2. The van der Waals surface area contributed by atoms with Gasteiger partial charge in [-0.2, -0.15) is 0 Å². The number of aliphatic hydroxyl groups is 1. The van der Waals surface area contributed by atoms with Crippen LogP contribution in [0.25, 0.3) is 0 Å². The summed E-state index contributed by atoms with van der Waals surface area (Å²) in [6, 6.07) is 0. The third kappa shape index (κ3) is 9.71. The van der Waals surface area contributed by atoms with Crippen molar-refractivity contribution in [3.63, 3.8) is 0 Å². The highest BCUT2D eigenvalue weighted by atomic mass is 16.5. The summed E-state index contributed by atoms with van der Waals surface area (Å²) >= 11 is 0. The number of nitrogens with zero attached hydrogens (tertiary/aromatic N) is 4. The second-order valence-electron chi connectivity index (χ2n) is 9.35. The number of anilines is 1. The highest BCUT2D eigenvalue weighted by molar-refractivity contribution is 5.95. The van der Waals surface area contributed by atoms with Crippen LogP contribution in [0, 0.1) is 0 Å². The van der Waals surface area contributed by atoms with E-state index in [4.69, 9.17) is 34.9 Å². The van der Waals surface area contributed by atoms with E-state index in [1.54, 1.807) is 6.20 Å². The van der Waals surface area contributed by atoms with Gasteiger partial charge in [0.25, 0.3) is 5.91 Å². The Bertz CT molecular complexity index is 977. The molecule has 1 aromatic heterocycles. The lowest BCUT2D eigenvalue weighted by molar-refractivity contribution is -0.170. The van der Waals surface area contributed by atoms with E-state index in [0.29, 0.717) is 37.7 Å². The fourth-order valence-corrected chi connectivity index (χ4v) is 4.23. The maximum atomic E-state index is 13.1. The maximum absolute atomic E-state index is 13.1. The average Bonchev–Trinajstić information content (AvgIpc) is 3.41. The van der Waals surface area contributed by atoms with Crippen molar-refractivity contribution in [3.8, 4) is 0 Å². The minimum Gasteiger partial charge on any atom is -0.481 e. The number of hydrogen-bond donors (Lipinski definition) is 4. The van der Waals surface area contributed by atoms with Gasteiger partial charge in [0.2, 0.25) is 5.95 Å². The lowest BCUT2D eigenvalue weighted by atomic mass is 9.96. The molecule has 39 heavy (non-hydrogen) atoms. The summed E-state index contributed by atoms with van der Waals surface area (Å²) < 4.78 is 11.1. The Balaban J connectivity index is 0.000000349. The predicted octanol–water partition coefficient (Wildman–Crippen LogP) is 0.658. The van der Waals surface area contributed by atoms with Gasteiger partial charge in [-0.3, -0.25) is 14.4 Å². The van der Waals surface area contributed by atoms with Crippen LogP contribution in [0.1, 0.15) is 62.0 Å². The molecule has 0 bridgehead atoms. The van der Waals surface area contributed by atoms with Gasteiger partial charge in [-0.25, -0.2) is 14.8 Å². The zero-order valence-corrected chi connectivity index (χ0v) is 22.4. The minimum absolute atomic E-state index is 0.0210. The van der Waals surface area contributed by atoms with Crippen LogP contribution in [0.4, 0.5) is 5.95 Å². The van der Waals surface area contributed by atoms with E-state index in [1.807, 2.05) is 11.8 Å². The summed E-state index contributed by atoms with van der Waals surface area (Å²) in [5.74, 6) is -4.30. The van der Waals surface area contributed by atoms with E-state index < -0.39 is 36.4 Å². The van der Waals surface area contributed by atoms with Gasteiger partial charge in [0.1, 0.15) is 0 Å². The first kappa shape index (κ1) is 31.9. The fourth-order valence-electron chi connectivity index (χ4n) is 4.23.